The maximum atomic E-state index is 12.6. The first-order valence-corrected chi connectivity index (χ1v) is 8.36. The van der Waals surface area contributed by atoms with E-state index < -0.39 is 6.10 Å². The van der Waals surface area contributed by atoms with Crippen LogP contribution < -0.4 is 10.1 Å². The number of nitrogens with zero attached hydrogens (tertiary/aromatic N) is 1. The van der Waals surface area contributed by atoms with Gasteiger partial charge in [0, 0.05) is 11.1 Å². The fourth-order valence-electron chi connectivity index (χ4n) is 2.68. The van der Waals surface area contributed by atoms with Crippen LogP contribution >= 0.6 is 0 Å². The molecule has 0 saturated carbocycles. The van der Waals surface area contributed by atoms with Crippen molar-refractivity contribution < 1.29 is 9.53 Å². The highest BCUT2D eigenvalue weighted by Gasteiger charge is 2.17. The number of aryl methyl sites for hydroxylation is 2. The number of carbonyl (C=O) groups excluding carboxylic acids is 1. The quantitative estimate of drug-likeness (QED) is 0.760. The lowest BCUT2D eigenvalue weighted by Gasteiger charge is -2.17. The van der Waals surface area contributed by atoms with Gasteiger partial charge in [0.2, 0.25) is 0 Å². The van der Waals surface area contributed by atoms with E-state index >= 15 is 0 Å². The number of amides is 1. The number of ether oxygens (including phenoxy) is 1. The number of nitrogens with one attached hydrogen (secondary N) is 1. The van der Waals surface area contributed by atoms with Crippen molar-refractivity contribution in [3.8, 4) is 5.75 Å². The topological polar surface area (TPSA) is 51.2 Å². The van der Waals surface area contributed by atoms with Gasteiger partial charge in [-0.05, 0) is 57.0 Å². The molecule has 0 aliphatic rings. The van der Waals surface area contributed by atoms with Crippen molar-refractivity contribution in [2.24, 2.45) is 0 Å². The molecule has 0 radical (unpaired) electrons. The molecule has 3 aromatic rings. The Hall–Kier alpha value is -2.88. The summed E-state index contributed by atoms with van der Waals surface area (Å²) in [5, 5.41) is 3.93. The number of rotatable bonds is 4. The maximum Gasteiger partial charge on any atom is 0.265 e. The SMILES string of the molecule is Cc1ccc2cccc(NC(=O)C(C)Oc3cccc(C)c3C)c2n1. The molecule has 0 saturated heterocycles. The standard InChI is InChI=1S/C21H22N2O2/c1-13-7-5-10-19(15(13)3)25-16(4)21(24)23-18-9-6-8-17-12-11-14(2)22-20(17)18/h5-12,16H,1-4H3,(H,23,24). The first kappa shape index (κ1) is 17.0. The Bertz CT molecular complexity index is 934. The van der Waals surface area contributed by atoms with Crippen LogP contribution in [0.3, 0.4) is 0 Å². The normalized spacial score (nSPS) is 12.0. The number of para-hydroxylation sites is 1. The number of pyridine rings is 1. The van der Waals surface area contributed by atoms with Crippen LogP contribution in [0.15, 0.2) is 48.5 Å². The summed E-state index contributed by atoms with van der Waals surface area (Å²) in [5.41, 5.74) is 4.58. The average molecular weight is 334 g/mol. The van der Waals surface area contributed by atoms with Crippen LogP contribution in [0.4, 0.5) is 5.69 Å². The van der Waals surface area contributed by atoms with Gasteiger partial charge in [0.1, 0.15) is 5.75 Å². The Labute approximate surface area is 147 Å². The molecule has 0 spiro atoms. The molecule has 3 rings (SSSR count). The molecule has 1 unspecified atom stereocenters. The predicted octanol–water partition coefficient (Wildman–Crippen LogP) is 4.57. The second kappa shape index (κ2) is 6.93. The molecular formula is C21H22N2O2. The summed E-state index contributed by atoms with van der Waals surface area (Å²) in [6.45, 7) is 7.70. The number of hydrogen-bond donors (Lipinski definition) is 1. The van der Waals surface area contributed by atoms with Crippen molar-refractivity contribution in [2.45, 2.75) is 33.8 Å². The lowest BCUT2D eigenvalue weighted by Crippen LogP contribution is -2.30. The monoisotopic (exact) mass is 334 g/mol. The van der Waals surface area contributed by atoms with E-state index in [1.807, 2.05) is 69.3 Å². The fourth-order valence-corrected chi connectivity index (χ4v) is 2.68. The van der Waals surface area contributed by atoms with Gasteiger partial charge in [0.15, 0.2) is 6.10 Å². The van der Waals surface area contributed by atoms with E-state index in [1.165, 1.54) is 0 Å². The summed E-state index contributed by atoms with van der Waals surface area (Å²) in [6.07, 6.45) is -0.611. The number of aromatic nitrogens is 1. The van der Waals surface area contributed by atoms with E-state index in [0.29, 0.717) is 5.69 Å². The maximum absolute atomic E-state index is 12.6. The van der Waals surface area contributed by atoms with Crippen molar-refractivity contribution >= 4 is 22.5 Å². The lowest BCUT2D eigenvalue weighted by atomic mass is 10.1. The van der Waals surface area contributed by atoms with E-state index in [-0.39, 0.29) is 5.91 Å². The van der Waals surface area contributed by atoms with Crippen LogP contribution in [0, 0.1) is 20.8 Å². The Balaban J connectivity index is 1.80. The van der Waals surface area contributed by atoms with Gasteiger partial charge in [-0.15, -0.1) is 0 Å². The molecule has 1 atom stereocenters. The third-order valence-corrected chi connectivity index (χ3v) is 4.35. The Morgan fingerprint density at radius 1 is 1.04 bits per heavy atom. The first-order chi connectivity index (χ1) is 12.0. The van der Waals surface area contributed by atoms with Gasteiger partial charge < -0.3 is 10.1 Å². The van der Waals surface area contributed by atoms with Crippen LogP contribution in [0.25, 0.3) is 10.9 Å². The zero-order valence-electron chi connectivity index (χ0n) is 15.0. The van der Waals surface area contributed by atoms with E-state index in [4.69, 9.17) is 4.74 Å². The minimum Gasteiger partial charge on any atom is -0.481 e. The van der Waals surface area contributed by atoms with E-state index in [1.54, 1.807) is 6.92 Å². The zero-order valence-corrected chi connectivity index (χ0v) is 15.0. The number of hydrogen-bond acceptors (Lipinski definition) is 3. The van der Waals surface area contributed by atoms with Gasteiger partial charge in [0.25, 0.3) is 5.91 Å². The van der Waals surface area contributed by atoms with Gasteiger partial charge in [-0.3, -0.25) is 9.78 Å². The molecule has 2 aromatic carbocycles. The Morgan fingerprint density at radius 2 is 1.80 bits per heavy atom. The molecule has 1 aromatic heterocycles. The molecule has 0 aliphatic carbocycles. The second-order valence-electron chi connectivity index (χ2n) is 6.28. The van der Waals surface area contributed by atoms with Gasteiger partial charge >= 0.3 is 0 Å². The molecular weight excluding hydrogens is 312 g/mol. The average Bonchev–Trinajstić information content (AvgIpc) is 2.59. The van der Waals surface area contributed by atoms with Gasteiger partial charge in [-0.2, -0.15) is 0 Å². The molecule has 25 heavy (non-hydrogen) atoms. The summed E-state index contributed by atoms with van der Waals surface area (Å²) >= 11 is 0. The third kappa shape index (κ3) is 3.63. The number of benzene rings is 2. The highest BCUT2D eigenvalue weighted by Crippen LogP contribution is 2.24. The van der Waals surface area contributed by atoms with Crippen LogP contribution in [0.2, 0.25) is 0 Å². The summed E-state index contributed by atoms with van der Waals surface area (Å²) in [5.74, 6) is 0.534. The van der Waals surface area contributed by atoms with Crippen LogP contribution in [-0.4, -0.2) is 17.0 Å². The predicted molar refractivity (Wildman–Crippen MR) is 101 cm³/mol. The van der Waals surface area contributed by atoms with Crippen LogP contribution in [0.1, 0.15) is 23.7 Å². The second-order valence-corrected chi connectivity index (χ2v) is 6.28. The van der Waals surface area contributed by atoms with Gasteiger partial charge in [0.05, 0.1) is 11.2 Å². The summed E-state index contributed by atoms with van der Waals surface area (Å²) in [7, 11) is 0. The zero-order chi connectivity index (χ0) is 18.0. The molecule has 4 nitrogen and oxygen atoms in total. The largest absolute Gasteiger partial charge is 0.481 e. The lowest BCUT2D eigenvalue weighted by molar-refractivity contribution is -0.122. The molecule has 1 N–H and O–H groups in total. The first-order valence-electron chi connectivity index (χ1n) is 8.36. The summed E-state index contributed by atoms with van der Waals surface area (Å²) < 4.78 is 5.86. The van der Waals surface area contributed by atoms with Crippen LogP contribution in [-0.2, 0) is 4.79 Å². The van der Waals surface area contributed by atoms with Crippen molar-refractivity contribution in [2.75, 3.05) is 5.32 Å². The van der Waals surface area contributed by atoms with Gasteiger partial charge in [-0.25, -0.2) is 0 Å². The summed E-state index contributed by atoms with van der Waals surface area (Å²) in [6, 6.07) is 15.5. The van der Waals surface area contributed by atoms with E-state index in [2.05, 4.69) is 10.3 Å². The van der Waals surface area contributed by atoms with Crippen LogP contribution in [0.5, 0.6) is 5.75 Å². The van der Waals surface area contributed by atoms with Crippen molar-refractivity contribution in [3.05, 3.63) is 65.4 Å². The molecule has 0 aliphatic heterocycles. The van der Waals surface area contributed by atoms with Crippen molar-refractivity contribution in [1.29, 1.82) is 0 Å². The number of anilines is 1. The van der Waals surface area contributed by atoms with Crippen molar-refractivity contribution in [1.82, 2.24) is 4.98 Å². The third-order valence-electron chi connectivity index (χ3n) is 4.35. The van der Waals surface area contributed by atoms with E-state index in [0.717, 1.165) is 33.5 Å². The Kier molecular flexibility index (Phi) is 4.70. The minimum atomic E-state index is -0.611. The highest BCUT2D eigenvalue weighted by molar-refractivity contribution is 6.01. The fraction of sp³-hybridized carbons (Fsp3) is 0.238. The van der Waals surface area contributed by atoms with E-state index in [9.17, 15) is 4.79 Å². The van der Waals surface area contributed by atoms with Gasteiger partial charge in [-0.1, -0.05) is 30.3 Å². The summed E-state index contributed by atoms with van der Waals surface area (Å²) in [4.78, 5) is 17.1. The van der Waals surface area contributed by atoms with Crippen molar-refractivity contribution in [3.63, 3.8) is 0 Å². The number of carbonyl (C=O) groups is 1. The molecule has 1 heterocycles. The number of fused-ring (bicyclic) bond motifs is 1. The molecule has 128 valence electrons. The molecule has 0 fully saturated rings. The Morgan fingerprint density at radius 3 is 2.60 bits per heavy atom. The molecule has 1 amide bonds. The smallest absolute Gasteiger partial charge is 0.265 e. The minimum absolute atomic E-state index is 0.197. The highest BCUT2D eigenvalue weighted by atomic mass is 16.5. The molecule has 0 bridgehead atoms. The molecule has 4 heteroatoms.